The van der Waals surface area contributed by atoms with E-state index in [4.69, 9.17) is 22.4 Å². The van der Waals surface area contributed by atoms with Crippen LogP contribution in [0.5, 0.6) is 0 Å². The molecule has 0 radical (unpaired) electrons. The number of anilines is 2. The molecule has 0 heterocycles. The lowest BCUT2D eigenvalue weighted by atomic mass is 10.1. The lowest BCUT2D eigenvalue weighted by Crippen LogP contribution is -2.07. The third-order valence-corrected chi connectivity index (χ3v) is 3.28. The van der Waals surface area contributed by atoms with Gasteiger partial charge in [0.05, 0.1) is 5.56 Å². The highest BCUT2D eigenvalue weighted by Gasteiger charge is 2.11. The molecule has 104 valence electrons. The van der Waals surface area contributed by atoms with E-state index in [1.165, 1.54) is 0 Å². The van der Waals surface area contributed by atoms with Gasteiger partial charge in [-0.15, -0.1) is 0 Å². The smallest absolute Gasteiger partial charge is 0.337 e. The maximum absolute atomic E-state index is 11.1. The van der Waals surface area contributed by atoms with E-state index in [-0.39, 0.29) is 5.56 Å². The Bertz CT molecular complexity index is 639. The van der Waals surface area contributed by atoms with E-state index in [0.29, 0.717) is 17.3 Å². The molecular formula is C15H15ClN2O2. The van der Waals surface area contributed by atoms with E-state index < -0.39 is 5.97 Å². The first-order chi connectivity index (χ1) is 9.47. The summed E-state index contributed by atoms with van der Waals surface area (Å²) in [6.45, 7) is 2.37. The van der Waals surface area contributed by atoms with Gasteiger partial charge in [0.15, 0.2) is 0 Å². The van der Waals surface area contributed by atoms with Crippen molar-refractivity contribution in [2.24, 2.45) is 0 Å². The summed E-state index contributed by atoms with van der Waals surface area (Å²) < 4.78 is 0. The van der Waals surface area contributed by atoms with E-state index in [1.807, 2.05) is 30.3 Å². The quantitative estimate of drug-likeness (QED) is 0.753. The van der Waals surface area contributed by atoms with E-state index >= 15 is 0 Å². The molecule has 0 amide bonds. The van der Waals surface area contributed by atoms with Crippen molar-refractivity contribution in [1.29, 1.82) is 0 Å². The molecule has 0 fully saturated rings. The zero-order valence-electron chi connectivity index (χ0n) is 11.0. The number of carboxylic acid groups (broad SMARTS) is 1. The molecule has 0 aromatic heterocycles. The Morgan fingerprint density at radius 2 is 1.95 bits per heavy atom. The summed E-state index contributed by atoms with van der Waals surface area (Å²) in [5.41, 5.74) is 8.69. The Morgan fingerprint density at radius 3 is 2.55 bits per heavy atom. The fourth-order valence-electron chi connectivity index (χ4n) is 1.88. The van der Waals surface area contributed by atoms with E-state index in [2.05, 4.69) is 5.32 Å². The van der Waals surface area contributed by atoms with Crippen LogP contribution in [0.2, 0.25) is 5.02 Å². The minimum absolute atomic E-state index is 0.114. The highest BCUT2D eigenvalue weighted by Crippen LogP contribution is 2.23. The van der Waals surface area contributed by atoms with Gasteiger partial charge >= 0.3 is 5.97 Å². The number of aromatic carboxylic acids is 1. The van der Waals surface area contributed by atoms with Crippen LogP contribution in [-0.2, 0) is 6.54 Å². The minimum atomic E-state index is -1.03. The normalized spacial score (nSPS) is 10.3. The summed E-state index contributed by atoms with van der Waals surface area (Å²) in [7, 11) is 0. The first-order valence-electron chi connectivity index (χ1n) is 6.09. The molecule has 0 unspecified atom stereocenters. The van der Waals surface area contributed by atoms with Crippen LogP contribution in [0, 0.1) is 6.92 Å². The highest BCUT2D eigenvalue weighted by atomic mass is 35.5. The third-order valence-electron chi connectivity index (χ3n) is 3.03. The molecule has 0 aliphatic heterocycles. The predicted octanol–water partition coefficient (Wildman–Crippen LogP) is 3.54. The number of carboxylic acids is 1. The summed E-state index contributed by atoms with van der Waals surface area (Å²) in [4.78, 5) is 11.1. The Hall–Kier alpha value is -2.20. The Labute approximate surface area is 122 Å². The second-order valence-corrected chi connectivity index (χ2v) is 4.98. The van der Waals surface area contributed by atoms with Crippen LogP contribution < -0.4 is 11.1 Å². The molecule has 0 bridgehead atoms. The lowest BCUT2D eigenvalue weighted by Gasteiger charge is -2.11. The van der Waals surface area contributed by atoms with Gasteiger partial charge in [-0.25, -0.2) is 4.79 Å². The van der Waals surface area contributed by atoms with Gasteiger partial charge in [0, 0.05) is 22.9 Å². The van der Waals surface area contributed by atoms with Crippen LogP contribution in [0.3, 0.4) is 0 Å². The van der Waals surface area contributed by atoms with E-state index in [9.17, 15) is 4.79 Å². The molecule has 4 N–H and O–H groups in total. The van der Waals surface area contributed by atoms with Crippen molar-refractivity contribution in [3.05, 3.63) is 58.1 Å². The Morgan fingerprint density at radius 1 is 1.30 bits per heavy atom. The average molecular weight is 291 g/mol. The monoisotopic (exact) mass is 290 g/mol. The number of nitrogen functional groups attached to an aromatic ring is 1. The molecule has 2 rings (SSSR count). The van der Waals surface area contributed by atoms with Crippen LogP contribution in [0.4, 0.5) is 11.4 Å². The van der Waals surface area contributed by atoms with Crippen molar-refractivity contribution in [3.8, 4) is 0 Å². The minimum Gasteiger partial charge on any atom is -0.478 e. The van der Waals surface area contributed by atoms with Gasteiger partial charge in [-0.05, 0) is 42.3 Å². The summed E-state index contributed by atoms with van der Waals surface area (Å²) in [5, 5.41) is 13.0. The second-order valence-electron chi connectivity index (χ2n) is 4.54. The average Bonchev–Trinajstić information content (AvgIpc) is 2.41. The SMILES string of the molecule is Cc1cc(NCc2ccc(Cl)cc2)cc(C(=O)O)c1N. The summed E-state index contributed by atoms with van der Waals surface area (Å²) >= 11 is 5.82. The largest absolute Gasteiger partial charge is 0.478 e. The van der Waals surface area contributed by atoms with Crippen molar-refractivity contribution in [3.63, 3.8) is 0 Å². The Balaban J connectivity index is 2.17. The molecule has 5 heteroatoms. The fourth-order valence-corrected chi connectivity index (χ4v) is 2.01. The van der Waals surface area contributed by atoms with Gasteiger partial charge in [0.25, 0.3) is 0 Å². The van der Waals surface area contributed by atoms with Crippen molar-refractivity contribution in [2.75, 3.05) is 11.1 Å². The van der Waals surface area contributed by atoms with Crippen molar-refractivity contribution in [1.82, 2.24) is 0 Å². The fraction of sp³-hybridized carbons (Fsp3) is 0.133. The van der Waals surface area contributed by atoms with Gasteiger partial charge in [-0.2, -0.15) is 0 Å². The number of carbonyl (C=O) groups is 1. The van der Waals surface area contributed by atoms with Gasteiger partial charge in [0.1, 0.15) is 0 Å². The maximum Gasteiger partial charge on any atom is 0.337 e. The number of aryl methyl sites for hydroxylation is 1. The molecule has 0 aliphatic rings. The number of hydrogen-bond acceptors (Lipinski definition) is 3. The molecule has 4 nitrogen and oxygen atoms in total. The van der Waals surface area contributed by atoms with Crippen molar-refractivity contribution >= 4 is 28.9 Å². The highest BCUT2D eigenvalue weighted by molar-refractivity contribution is 6.30. The van der Waals surface area contributed by atoms with Crippen LogP contribution >= 0.6 is 11.6 Å². The first kappa shape index (κ1) is 14.2. The Kier molecular flexibility index (Phi) is 4.15. The van der Waals surface area contributed by atoms with Gasteiger partial charge in [-0.1, -0.05) is 23.7 Å². The lowest BCUT2D eigenvalue weighted by molar-refractivity contribution is 0.0698. The van der Waals surface area contributed by atoms with Gasteiger partial charge in [0.2, 0.25) is 0 Å². The predicted molar refractivity (Wildman–Crippen MR) is 81.3 cm³/mol. The molecule has 0 saturated carbocycles. The van der Waals surface area contributed by atoms with Gasteiger partial charge in [-0.3, -0.25) is 0 Å². The van der Waals surface area contributed by atoms with Crippen molar-refractivity contribution < 1.29 is 9.90 Å². The maximum atomic E-state index is 11.1. The molecule has 2 aromatic rings. The molecule has 0 aliphatic carbocycles. The summed E-state index contributed by atoms with van der Waals surface area (Å²) in [6.07, 6.45) is 0. The molecule has 0 atom stereocenters. The van der Waals surface area contributed by atoms with Crippen LogP contribution in [0.15, 0.2) is 36.4 Å². The number of nitrogens with one attached hydrogen (secondary N) is 1. The molecule has 0 spiro atoms. The molecule has 20 heavy (non-hydrogen) atoms. The third kappa shape index (κ3) is 3.22. The first-order valence-corrected chi connectivity index (χ1v) is 6.47. The number of rotatable bonds is 4. The number of hydrogen-bond donors (Lipinski definition) is 3. The van der Waals surface area contributed by atoms with Gasteiger partial charge < -0.3 is 16.2 Å². The van der Waals surface area contributed by atoms with Crippen LogP contribution in [-0.4, -0.2) is 11.1 Å². The summed E-state index contributed by atoms with van der Waals surface area (Å²) in [6, 6.07) is 10.8. The van der Waals surface area contributed by atoms with E-state index in [0.717, 1.165) is 16.8 Å². The van der Waals surface area contributed by atoms with Crippen LogP contribution in [0.1, 0.15) is 21.5 Å². The number of benzene rings is 2. The summed E-state index contributed by atoms with van der Waals surface area (Å²) in [5.74, 6) is -1.03. The van der Waals surface area contributed by atoms with Crippen LogP contribution in [0.25, 0.3) is 0 Å². The van der Waals surface area contributed by atoms with E-state index in [1.54, 1.807) is 13.0 Å². The standard InChI is InChI=1S/C15H15ClN2O2/c1-9-6-12(7-13(14(9)17)15(19)20)18-8-10-2-4-11(16)5-3-10/h2-7,18H,8,17H2,1H3,(H,19,20). The molecule has 0 saturated heterocycles. The number of halogens is 1. The second kappa shape index (κ2) is 5.84. The topological polar surface area (TPSA) is 75.3 Å². The zero-order valence-corrected chi connectivity index (χ0v) is 11.7. The zero-order chi connectivity index (χ0) is 14.7. The van der Waals surface area contributed by atoms with Crippen molar-refractivity contribution in [2.45, 2.75) is 13.5 Å². The number of nitrogens with two attached hydrogens (primary N) is 1. The molecule has 2 aromatic carbocycles. The molecular weight excluding hydrogens is 276 g/mol.